The Labute approximate surface area is 166 Å². The van der Waals surface area contributed by atoms with Crippen LogP contribution in [0.3, 0.4) is 0 Å². The standard InChI is InChI=1S/C20H25ClN2O3S/c1-26-19-7-5-17(6-8-19)15-23-11-9-16(10-12-23)14-22-27(24,25)20-4-2-3-18(21)13-20/h2-8,13,16,22H,9-12,14-15H2,1H3/p+1. The molecule has 27 heavy (non-hydrogen) atoms. The van der Waals surface area contributed by atoms with E-state index in [4.69, 9.17) is 16.3 Å². The number of ether oxygens (including phenoxy) is 1. The Balaban J connectivity index is 1.46. The van der Waals surface area contributed by atoms with Crippen molar-refractivity contribution in [3.05, 3.63) is 59.1 Å². The quantitative estimate of drug-likeness (QED) is 0.736. The van der Waals surface area contributed by atoms with Gasteiger partial charge in [-0.15, -0.1) is 0 Å². The molecule has 0 spiro atoms. The topological polar surface area (TPSA) is 59.8 Å². The fourth-order valence-corrected chi connectivity index (χ4v) is 4.86. The molecule has 2 aromatic rings. The maximum atomic E-state index is 12.4. The van der Waals surface area contributed by atoms with Gasteiger partial charge in [0.15, 0.2) is 0 Å². The zero-order valence-corrected chi connectivity index (χ0v) is 17.0. The highest BCUT2D eigenvalue weighted by atomic mass is 35.5. The molecule has 0 aromatic heterocycles. The first-order chi connectivity index (χ1) is 13.0. The predicted octanol–water partition coefficient (Wildman–Crippen LogP) is 2.12. The number of piperidine rings is 1. The summed E-state index contributed by atoms with van der Waals surface area (Å²) in [4.78, 5) is 1.76. The van der Waals surface area contributed by atoms with Crippen molar-refractivity contribution in [2.75, 3.05) is 26.7 Å². The molecule has 2 N–H and O–H groups in total. The largest absolute Gasteiger partial charge is 0.497 e. The number of halogens is 1. The van der Waals surface area contributed by atoms with Crippen LogP contribution in [-0.4, -0.2) is 35.2 Å². The molecule has 1 saturated heterocycles. The minimum atomic E-state index is -3.50. The minimum Gasteiger partial charge on any atom is -0.497 e. The van der Waals surface area contributed by atoms with Gasteiger partial charge in [-0.3, -0.25) is 0 Å². The number of methoxy groups -OCH3 is 1. The van der Waals surface area contributed by atoms with E-state index in [1.807, 2.05) is 12.1 Å². The molecule has 2 aromatic carbocycles. The monoisotopic (exact) mass is 409 g/mol. The molecule has 0 amide bonds. The van der Waals surface area contributed by atoms with Crippen molar-refractivity contribution in [2.45, 2.75) is 24.3 Å². The second-order valence-electron chi connectivity index (χ2n) is 7.03. The van der Waals surface area contributed by atoms with Gasteiger partial charge >= 0.3 is 0 Å². The summed E-state index contributed by atoms with van der Waals surface area (Å²) in [5.41, 5.74) is 1.30. The third kappa shape index (κ3) is 5.69. The van der Waals surface area contributed by atoms with Gasteiger partial charge < -0.3 is 9.64 Å². The van der Waals surface area contributed by atoms with Crippen molar-refractivity contribution < 1.29 is 18.1 Å². The molecular weight excluding hydrogens is 384 g/mol. The van der Waals surface area contributed by atoms with Crippen molar-refractivity contribution in [3.8, 4) is 5.75 Å². The lowest BCUT2D eigenvalue weighted by molar-refractivity contribution is -0.919. The van der Waals surface area contributed by atoms with Crippen LogP contribution in [0, 0.1) is 5.92 Å². The Kier molecular flexibility index (Phi) is 6.76. The molecule has 0 bridgehead atoms. The van der Waals surface area contributed by atoms with E-state index in [1.54, 1.807) is 25.3 Å². The molecule has 3 rings (SSSR count). The van der Waals surface area contributed by atoms with Crippen LogP contribution in [0.2, 0.25) is 5.02 Å². The van der Waals surface area contributed by atoms with Gasteiger partial charge in [-0.05, 0) is 48.4 Å². The van der Waals surface area contributed by atoms with Crippen molar-refractivity contribution >= 4 is 21.6 Å². The van der Waals surface area contributed by atoms with Crippen molar-refractivity contribution in [1.82, 2.24) is 4.72 Å². The zero-order chi connectivity index (χ0) is 19.3. The van der Waals surface area contributed by atoms with Gasteiger partial charge in [-0.1, -0.05) is 17.7 Å². The Morgan fingerprint density at radius 3 is 2.48 bits per heavy atom. The Morgan fingerprint density at radius 1 is 1.15 bits per heavy atom. The predicted molar refractivity (Wildman–Crippen MR) is 107 cm³/mol. The summed E-state index contributed by atoms with van der Waals surface area (Å²) in [6.07, 6.45) is 2.03. The van der Waals surface area contributed by atoms with Crippen LogP contribution in [0.1, 0.15) is 18.4 Å². The molecule has 1 aliphatic heterocycles. The SMILES string of the molecule is COc1ccc(C[NH+]2CCC(CNS(=O)(=O)c3cccc(Cl)c3)CC2)cc1. The highest BCUT2D eigenvalue weighted by molar-refractivity contribution is 7.89. The Hall–Kier alpha value is -1.60. The van der Waals surface area contributed by atoms with Crippen molar-refractivity contribution in [2.24, 2.45) is 5.92 Å². The van der Waals surface area contributed by atoms with E-state index < -0.39 is 10.0 Å². The fraction of sp³-hybridized carbons (Fsp3) is 0.400. The van der Waals surface area contributed by atoms with E-state index in [0.717, 1.165) is 38.2 Å². The average Bonchev–Trinajstić information content (AvgIpc) is 2.68. The van der Waals surface area contributed by atoms with Crippen LogP contribution in [0.4, 0.5) is 0 Å². The molecule has 1 heterocycles. The Morgan fingerprint density at radius 2 is 1.85 bits per heavy atom. The molecule has 146 valence electrons. The van der Waals surface area contributed by atoms with Gasteiger partial charge in [0.1, 0.15) is 12.3 Å². The van der Waals surface area contributed by atoms with Gasteiger partial charge in [0, 0.05) is 30.0 Å². The maximum Gasteiger partial charge on any atom is 0.240 e. The highest BCUT2D eigenvalue weighted by Gasteiger charge is 2.24. The van der Waals surface area contributed by atoms with Crippen LogP contribution in [0.25, 0.3) is 0 Å². The van der Waals surface area contributed by atoms with Crippen LogP contribution < -0.4 is 14.4 Å². The normalized spacial score (nSPS) is 20.4. The molecule has 1 aliphatic rings. The van der Waals surface area contributed by atoms with Gasteiger partial charge in [-0.2, -0.15) is 0 Å². The lowest BCUT2D eigenvalue weighted by Crippen LogP contribution is -3.11. The van der Waals surface area contributed by atoms with Gasteiger partial charge in [0.2, 0.25) is 10.0 Å². The molecule has 1 fully saturated rings. The summed E-state index contributed by atoms with van der Waals surface area (Å²) >= 11 is 5.90. The summed E-state index contributed by atoms with van der Waals surface area (Å²) < 4.78 is 32.7. The average molecular weight is 410 g/mol. The summed E-state index contributed by atoms with van der Waals surface area (Å²) in [6.45, 7) is 3.57. The number of quaternary nitrogens is 1. The van der Waals surface area contributed by atoms with Crippen LogP contribution in [-0.2, 0) is 16.6 Å². The summed E-state index contributed by atoms with van der Waals surface area (Å²) in [5, 5.41) is 0.424. The third-order valence-corrected chi connectivity index (χ3v) is 6.75. The number of benzene rings is 2. The van der Waals surface area contributed by atoms with E-state index in [2.05, 4.69) is 16.9 Å². The fourth-order valence-electron chi connectivity index (χ4n) is 3.44. The van der Waals surface area contributed by atoms with Crippen LogP contribution in [0.15, 0.2) is 53.4 Å². The Bertz CT molecular complexity index is 848. The molecule has 7 heteroatoms. The summed E-state index contributed by atoms with van der Waals surface area (Å²) in [7, 11) is -1.83. The van der Waals surface area contributed by atoms with Crippen LogP contribution in [0.5, 0.6) is 5.75 Å². The number of likely N-dealkylation sites (tertiary alicyclic amines) is 1. The van der Waals surface area contributed by atoms with Gasteiger partial charge in [0.25, 0.3) is 0 Å². The van der Waals surface area contributed by atoms with E-state index in [0.29, 0.717) is 17.5 Å². The highest BCUT2D eigenvalue weighted by Crippen LogP contribution is 2.17. The van der Waals surface area contributed by atoms with E-state index >= 15 is 0 Å². The van der Waals surface area contributed by atoms with Gasteiger partial charge in [0.05, 0.1) is 25.1 Å². The third-order valence-electron chi connectivity index (χ3n) is 5.09. The summed E-state index contributed by atoms with van der Waals surface area (Å²) in [6, 6.07) is 14.6. The van der Waals surface area contributed by atoms with E-state index in [9.17, 15) is 8.42 Å². The smallest absolute Gasteiger partial charge is 0.240 e. The number of hydrogen-bond donors (Lipinski definition) is 2. The molecule has 0 atom stereocenters. The lowest BCUT2D eigenvalue weighted by Gasteiger charge is -2.29. The van der Waals surface area contributed by atoms with E-state index in [1.165, 1.54) is 16.5 Å². The lowest BCUT2D eigenvalue weighted by atomic mass is 9.97. The molecule has 5 nitrogen and oxygen atoms in total. The minimum absolute atomic E-state index is 0.220. The first kappa shape index (κ1) is 20.1. The molecule has 0 saturated carbocycles. The maximum absolute atomic E-state index is 12.4. The van der Waals surface area contributed by atoms with Crippen molar-refractivity contribution in [3.63, 3.8) is 0 Å². The second kappa shape index (κ2) is 9.06. The number of rotatable bonds is 7. The van der Waals surface area contributed by atoms with Gasteiger partial charge in [-0.25, -0.2) is 13.1 Å². The molecule has 0 aliphatic carbocycles. The molecule has 0 radical (unpaired) electrons. The number of sulfonamides is 1. The summed E-state index contributed by atoms with van der Waals surface area (Å²) in [5.74, 6) is 1.25. The molecule has 0 unspecified atom stereocenters. The number of nitrogens with one attached hydrogen (secondary N) is 2. The van der Waals surface area contributed by atoms with E-state index in [-0.39, 0.29) is 4.90 Å². The first-order valence-corrected chi connectivity index (χ1v) is 11.0. The zero-order valence-electron chi connectivity index (χ0n) is 15.4. The number of hydrogen-bond acceptors (Lipinski definition) is 3. The van der Waals surface area contributed by atoms with Crippen molar-refractivity contribution in [1.29, 1.82) is 0 Å². The molecular formula is C20H26ClN2O3S+. The first-order valence-electron chi connectivity index (χ1n) is 9.18. The second-order valence-corrected chi connectivity index (χ2v) is 9.23. The van der Waals surface area contributed by atoms with Crippen LogP contribution >= 0.6 is 11.6 Å².